The number of hydrogen-bond acceptors (Lipinski definition) is 7. The number of fused-ring (bicyclic) bond motifs is 3. The Kier molecular flexibility index (Phi) is 6.85. The second-order valence-electron chi connectivity index (χ2n) is 8.59. The second-order valence-corrected chi connectivity index (χ2v) is 8.59. The van der Waals surface area contributed by atoms with Gasteiger partial charge in [0.15, 0.2) is 18.1 Å². The van der Waals surface area contributed by atoms with E-state index >= 15 is 0 Å². The summed E-state index contributed by atoms with van der Waals surface area (Å²) in [5, 5.41) is 5.20. The number of ether oxygens (including phenoxy) is 3. The number of para-hydroxylation sites is 1. The number of carbonyl (C=O) groups is 3. The van der Waals surface area contributed by atoms with Gasteiger partial charge in [0.1, 0.15) is 0 Å². The molecule has 1 aromatic heterocycles. The Balaban J connectivity index is 1.45. The van der Waals surface area contributed by atoms with Gasteiger partial charge < -0.3 is 19.5 Å². The van der Waals surface area contributed by atoms with E-state index in [2.05, 4.69) is 17.2 Å². The molecule has 0 saturated heterocycles. The molecule has 5 rings (SSSR count). The highest BCUT2D eigenvalue weighted by Crippen LogP contribution is 2.38. The third-order valence-corrected chi connectivity index (χ3v) is 6.11. The number of pyridine rings is 1. The van der Waals surface area contributed by atoms with Crippen LogP contribution in [0.1, 0.15) is 40.0 Å². The lowest BCUT2D eigenvalue weighted by atomic mass is 9.86. The highest BCUT2D eigenvalue weighted by molar-refractivity contribution is 6.07. The molecular weight excluding hydrogens is 474 g/mol. The first-order valence-electron chi connectivity index (χ1n) is 11.9. The Morgan fingerprint density at radius 1 is 1.08 bits per heavy atom. The van der Waals surface area contributed by atoms with Gasteiger partial charge in [0.25, 0.3) is 5.91 Å². The van der Waals surface area contributed by atoms with E-state index in [0.717, 1.165) is 35.2 Å². The SMILES string of the molecule is C=CCNC(=O)NC(=O)COC(=O)c1c2c(nc3ccccc13)/C(=C/c1ccc3c(c1)OCO3)CCC2. The molecule has 0 spiro atoms. The molecule has 2 N–H and O–H groups in total. The average Bonchev–Trinajstić information content (AvgIpc) is 3.37. The van der Waals surface area contributed by atoms with Crippen LogP contribution in [-0.4, -0.2) is 42.8 Å². The quantitative estimate of drug-likeness (QED) is 0.389. The molecule has 0 saturated carbocycles. The highest BCUT2D eigenvalue weighted by Gasteiger charge is 2.26. The Morgan fingerprint density at radius 3 is 2.78 bits per heavy atom. The minimum absolute atomic E-state index is 0.203. The lowest BCUT2D eigenvalue weighted by Gasteiger charge is -2.22. The predicted molar refractivity (Wildman–Crippen MR) is 137 cm³/mol. The van der Waals surface area contributed by atoms with E-state index in [4.69, 9.17) is 19.2 Å². The van der Waals surface area contributed by atoms with Crippen LogP contribution in [0.4, 0.5) is 4.79 Å². The Morgan fingerprint density at radius 2 is 1.92 bits per heavy atom. The van der Waals surface area contributed by atoms with Crippen molar-refractivity contribution in [3.05, 3.63) is 77.5 Å². The topological polar surface area (TPSA) is 116 Å². The molecule has 3 amide bonds. The van der Waals surface area contributed by atoms with E-state index in [1.165, 1.54) is 6.08 Å². The zero-order chi connectivity index (χ0) is 25.8. The molecule has 3 aromatic rings. The fourth-order valence-corrected chi connectivity index (χ4v) is 4.49. The summed E-state index contributed by atoms with van der Waals surface area (Å²) in [6, 6.07) is 12.4. The number of nitrogens with one attached hydrogen (secondary N) is 2. The van der Waals surface area contributed by atoms with Crippen LogP contribution in [0.5, 0.6) is 11.5 Å². The first-order chi connectivity index (χ1) is 18.0. The largest absolute Gasteiger partial charge is 0.454 e. The van der Waals surface area contributed by atoms with Crippen molar-refractivity contribution in [1.82, 2.24) is 15.6 Å². The van der Waals surface area contributed by atoms with Crippen molar-refractivity contribution in [2.24, 2.45) is 0 Å². The molecule has 9 heteroatoms. The summed E-state index contributed by atoms with van der Waals surface area (Å²) in [5.74, 6) is 0.0338. The molecule has 0 bridgehead atoms. The standard InChI is InChI=1S/C28H25N3O6/c1-2-12-29-28(34)31-24(32)15-35-27(33)25-19-7-3-4-9-21(19)30-26-18(6-5-8-20(25)26)13-17-10-11-22-23(14-17)37-16-36-22/h2-4,7,9-11,13-14H,1,5-6,8,12,15-16H2,(H2,29,31,32,34)/b18-13+. The van der Waals surface area contributed by atoms with E-state index in [1.807, 2.05) is 48.5 Å². The number of aromatic nitrogens is 1. The Labute approximate surface area is 213 Å². The first kappa shape index (κ1) is 24.1. The van der Waals surface area contributed by atoms with Gasteiger partial charge in [-0.25, -0.2) is 14.6 Å². The van der Waals surface area contributed by atoms with Gasteiger partial charge in [-0.05, 0) is 60.2 Å². The maximum Gasteiger partial charge on any atom is 0.339 e. The number of esters is 1. The molecule has 0 unspecified atom stereocenters. The number of rotatable bonds is 6. The van der Waals surface area contributed by atoms with Crippen molar-refractivity contribution in [1.29, 1.82) is 0 Å². The molecule has 2 aromatic carbocycles. The number of urea groups is 1. The molecule has 1 aliphatic carbocycles. The number of amides is 3. The summed E-state index contributed by atoms with van der Waals surface area (Å²) in [4.78, 5) is 42.0. The Hall–Kier alpha value is -4.66. The summed E-state index contributed by atoms with van der Waals surface area (Å²) in [5.41, 5.74) is 4.50. The normalized spacial score (nSPS) is 14.6. The minimum atomic E-state index is -0.731. The van der Waals surface area contributed by atoms with Crippen molar-refractivity contribution in [3.63, 3.8) is 0 Å². The molecular formula is C28H25N3O6. The molecule has 2 aliphatic rings. The van der Waals surface area contributed by atoms with Crippen LogP contribution in [0.3, 0.4) is 0 Å². The number of allylic oxidation sites excluding steroid dienone is 1. The van der Waals surface area contributed by atoms with Gasteiger partial charge in [-0.3, -0.25) is 10.1 Å². The van der Waals surface area contributed by atoms with Crippen molar-refractivity contribution in [2.75, 3.05) is 19.9 Å². The van der Waals surface area contributed by atoms with Crippen molar-refractivity contribution < 1.29 is 28.6 Å². The maximum atomic E-state index is 13.3. The molecule has 37 heavy (non-hydrogen) atoms. The van der Waals surface area contributed by atoms with Gasteiger partial charge >= 0.3 is 12.0 Å². The van der Waals surface area contributed by atoms with Crippen LogP contribution in [0.15, 0.2) is 55.1 Å². The third kappa shape index (κ3) is 5.16. The molecule has 1 aliphatic heterocycles. The summed E-state index contributed by atoms with van der Waals surface area (Å²) in [7, 11) is 0. The van der Waals surface area contributed by atoms with Crippen LogP contribution in [0.2, 0.25) is 0 Å². The lowest BCUT2D eigenvalue weighted by molar-refractivity contribution is -0.123. The zero-order valence-corrected chi connectivity index (χ0v) is 20.0. The molecule has 0 radical (unpaired) electrons. The highest BCUT2D eigenvalue weighted by atomic mass is 16.7. The van der Waals surface area contributed by atoms with E-state index in [1.54, 1.807) is 0 Å². The van der Waals surface area contributed by atoms with Gasteiger partial charge in [-0.2, -0.15) is 0 Å². The number of benzene rings is 2. The fourth-order valence-electron chi connectivity index (χ4n) is 4.49. The maximum absolute atomic E-state index is 13.3. The molecule has 9 nitrogen and oxygen atoms in total. The van der Waals surface area contributed by atoms with Crippen LogP contribution in [-0.2, 0) is 16.0 Å². The first-order valence-corrected chi connectivity index (χ1v) is 11.9. The van der Waals surface area contributed by atoms with E-state index < -0.39 is 24.5 Å². The lowest BCUT2D eigenvalue weighted by Crippen LogP contribution is -2.41. The van der Waals surface area contributed by atoms with Gasteiger partial charge in [-0.15, -0.1) is 6.58 Å². The average molecular weight is 500 g/mol. The number of hydrogen-bond donors (Lipinski definition) is 2. The van der Waals surface area contributed by atoms with Gasteiger partial charge in [0.2, 0.25) is 6.79 Å². The van der Waals surface area contributed by atoms with E-state index in [-0.39, 0.29) is 13.3 Å². The Bertz CT molecular complexity index is 1450. The van der Waals surface area contributed by atoms with Crippen molar-refractivity contribution in [3.8, 4) is 11.5 Å². The molecule has 0 atom stereocenters. The molecule has 0 fully saturated rings. The van der Waals surface area contributed by atoms with E-state index in [0.29, 0.717) is 34.4 Å². The van der Waals surface area contributed by atoms with Gasteiger partial charge in [-0.1, -0.05) is 30.3 Å². The van der Waals surface area contributed by atoms with Gasteiger partial charge in [0.05, 0.1) is 16.8 Å². The second kappa shape index (κ2) is 10.5. The van der Waals surface area contributed by atoms with E-state index in [9.17, 15) is 14.4 Å². The molecule has 188 valence electrons. The summed E-state index contributed by atoms with van der Waals surface area (Å²) < 4.78 is 16.3. The summed E-state index contributed by atoms with van der Waals surface area (Å²) in [6.07, 6.45) is 5.80. The van der Waals surface area contributed by atoms with Crippen LogP contribution in [0, 0.1) is 0 Å². The van der Waals surface area contributed by atoms with Crippen molar-refractivity contribution in [2.45, 2.75) is 19.3 Å². The monoisotopic (exact) mass is 499 g/mol. The van der Waals surface area contributed by atoms with Crippen molar-refractivity contribution >= 4 is 40.5 Å². The minimum Gasteiger partial charge on any atom is -0.454 e. The zero-order valence-electron chi connectivity index (χ0n) is 20.0. The van der Waals surface area contributed by atoms with Crippen LogP contribution >= 0.6 is 0 Å². The molecule has 2 heterocycles. The number of nitrogens with zero attached hydrogens (tertiary/aromatic N) is 1. The number of carbonyl (C=O) groups excluding carboxylic acids is 3. The smallest absolute Gasteiger partial charge is 0.339 e. The summed E-state index contributed by atoms with van der Waals surface area (Å²) in [6.45, 7) is 3.31. The van der Waals surface area contributed by atoms with Gasteiger partial charge in [0, 0.05) is 11.9 Å². The number of imide groups is 1. The summed E-state index contributed by atoms with van der Waals surface area (Å²) >= 11 is 0. The fraction of sp³-hybridized carbons (Fsp3) is 0.214. The third-order valence-electron chi connectivity index (χ3n) is 6.11. The van der Waals surface area contributed by atoms with Crippen LogP contribution < -0.4 is 20.1 Å². The predicted octanol–water partition coefficient (Wildman–Crippen LogP) is 4.01. The van der Waals surface area contributed by atoms with Crippen LogP contribution in [0.25, 0.3) is 22.6 Å².